The maximum absolute atomic E-state index is 12.4. The molecule has 0 spiro atoms. The van der Waals surface area contributed by atoms with Crippen molar-refractivity contribution in [3.8, 4) is 5.75 Å². The van der Waals surface area contributed by atoms with E-state index < -0.39 is 18.3 Å². The van der Waals surface area contributed by atoms with E-state index in [1.54, 1.807) is 16.0 Å². The van der Waals surface area contributed by atoms with Crippen LogP contribution in [0.4, 0.5) is 13.2 Å². The molecule has 0 aliphatic carbocycles. The van der Waals surface area contributed by atoms with Crippen LogP contribution in [0.25, 0.3) is 0 Å². The number of piperazine rings is 1. The van der Waals surface area contributed by atoms with Crippen molar-refractivity contribution >= 4 is 35.2 Å². The van der Waals surface area contributed by atoms with Gasteiger partial charge in [-0.05, 0) is 29.6 Å². The molecule has 0 saturated carbocycles. The highest BCUT2D eigenvalue weighted by Crippen LogP contribution is 2.34. The smallest absolute Gasteiger partial charge is 0.406 e. The number of primary amides is 1. The molecule has 3 N–H and O–H groups in total. The normalized spacial score (nSPS) is 21.7. The molecule has 3 rings (SSSR count). The number of hydrogen-bond acceptors (Lipinski definition) is 8. The Kier molecular flexibility index (Phi) is 6.96. The molecule has 28 heavy (non-hydrogen) atoms. The fourth-order valence-electron chi connectivity index (χ4n) is 2.99. The molecule has 2 aliphatic heterocycles. The molecule has 1 amide bonds. The number of carbonyl (C=O) groups excluding carboxylic acids is 1. The summed E-state index contributed by atoms with van der Waals surface area (Å²) in [7, 11) is 0. The highest BCUT2D eigenvalue weighted by Gasteiger charge is 2.39. The number of nitrogens with two attached hydrogens (primary N) is 1. The Morgan fingerprint density at radius 2 is 2.18 bits per heavy atom. The minimum absolute atomic E-state index is 0.266. The Bertz CT molecular complexity index is 716. The molecular weight excluding hydrogens is 415 g/mol. The number of amides is 1. The van der Waals surface area contributed by atoms with E-state index >= 15 is 0 Å². The second-order valence-electron chi connectivity index (χ2n) is 6.15. The number of nitrogens with zero attached hydrogens (tertiary/aromatic N) is 3. The number of halogens is 3. The summed E-state index contributed by atoms with van der Waals surface area (Å²) in [6, 6.07) is 5.29. The maximum Gasteiger partial charge on any atom is 0.573 e. The van der Waals surface area contributed by atoms with Gasteiger partial charge in [0.2, 0.25) is 5.91 Å². The van der Waals surface area contributed by atoms with Crippen LogP contribution in [0.3, 0.4) is 0 Å². The van der Waals surface area contributed by atoms with Gasteiger partial charge in [0.05, 0.1) is 5.55 Å². The lowest BCUT2D eigenvalue weighted by Gasteiger charge is -2.37. The van der Waals surface area contributed by atoms with Crippen molar-refractivity contribution in [2.24, 2.45) is 10.8 Å². The minimum atomic E-state index is -4.73. The van der Waals surface area contributed by atoms with Gasteiger partial charge in [-0.1, -0.05) is 23.9 Å². The van der Waals surface area contributed by atoms with Gasteiger partial charge < -0.3 is 15.8 Å². The molecule has 154 valence electrons. The average molecular weight is 435 g/mol. The van der Waals surface area contributed by atoms with Crippen LogP contribution in [0, 0.1) is 0 Å². The molecule has 0 aromatic heterocycles. The lowest BCUT2D eigenvalue weighted by atomic mass is 10.2. The quantitative estimate of drug-likeness (QED) is 0.632. The first-order valence-electron chi connectivity index (χ1n) is 8.52. The van der Waals surface area contributed by atoms with Crippen LogP contribution >= 0.6 is 23.7 Å². The Morgan fingerprint density at radius 1 is 1.43 bits per heavy atom. The number of thioether (sulfide) groups is 1. The van der Waals surface area contributed by atoms with Crippen LogP contribution in [-0.4, -0.2) is 64.7 Å². The number of carbonyl (C=O) groups is 1. The molecule has 1 fully saturated rings. The third kappa shape index (κ3) is 5.69. The molecule has 2 atom stereocenters. The van der Waals surface area contributed by atoms with Gasteiger partial charge in [-0.3, -0.25) is 9.69 Å². The van der Waals surface area contributed by atoms with E-state index in [1.165, 1.54) is 41.9 Å². The Morgan fingerprint density at radius 3 is 2.86 bits per heavy atom. The molecule has 1 aromatic rings. The van der Waals surface area contributed by atoms with E-state index in [4.69, 9.17) is 5.73 Å². The van der Waals surface area contributed by atoms with E-state index in [1.807, 2.05) is 4.90 Å². The third-order valence-electron chi connectivity index (χ3n) is 4.18. The van der Waals surface area contributed by atoms with Crippen molar-refractivity contribution in [3.05, 3.63) is 29.8 Å². The summed E-state index contributed by atoms with van der Waals surface area (Å²) in [5, 5.41) is 7.22. The van der Waals surface area contributed by atoms with Gasteiger partial charge in [0.1, 0.15) is 17.2 Å². The summed E-state index contributed by atoms with van der Waals surface area (Å²) in [5.74, 6) is -0.315. The molecule has 7 nitrogen and oxygen atoms in total. The lowest BCUT2D eigenvalue weighted by Crippen LogP contribution is -2.58. The fraction of sp³-hybridized carbons (Fsp3) is 0.500. The molecule has 1 saturated heterocycles. The second kappa shape index (κ2) is 9.25. The van der Waals surface area contributed by atoms with Gasteiger partial charge in [-0.2, -0.15) is 5.10 Å². The van der Waals surface area contributed by atoms with Crippen LogP contribution in [0.1, 0.15) is 5.56 Å². The van der Waals surface area contributed by atoms with E-state index in [0.717, 1.165) is 13.1 Å². The van der Waals surface area contributed by atoms with Crippen molar-refractivity contribution in [3.63, 3.8) is 0 Å². The summed E-state index contributed by atoms with van der Waals surface area (Å²) < 4.78 is 42.8. The number of benzene rings is 1. The molecule has 12 heteroatoms. The molecule has 2 aliphatic rings. The standard InChI is InChI=1S/C16H20F3N5O2S2/c17-16(18,19)26-12-3-1-2-11(8-12)9-28-24-15(27-10-22-24)13(14(20)25)23-6-4-21-5-7-23/h1-3,8,10,13,15,21H,4-7,9H2,(H2,20,25). The van der Waals surface area contributed by atoms with Crippen LogP contribution in [0.2, 0.25) is 0 Å². The van der Waals surface area contributed by atoms with Gasteiger partial charge in [-0.25, -0.2) is 4.41 Å². The number of alkyl halides is 3. The van der Waals surface area contributed by atoms with Gasteiger partial charge in [-0.15, -0.1) is 13.2 Å². The maximum atomic E-state index is 12.4. The monoisotopic (exact) mass is 435 g/mol. The van der Waals surface area contributed by atoms with Crippen LogP contribution in [0.15, 0.2) is 29.4 Å². The van der Waals surface area contributed by atoms with Crippen molar-refractivity contribution in [2.75, 3.05) is 26.2 Å². The largest absolute Gasteiger partial charge is 0.573 e. The zero-order chi connectivity index (χ0) is 20.1. The summed E-state index contributed by atoms with van der Waals surface area (Å²) in [5.41, 5.74) is 7.97. The first-order chi connectivity index (χ1) is 13.3. The SMILES string of the molecule is NC(=O)C(C1SC=NN1SCc1cccc(OC(F)(F)F)c1)N1CCNCC1. The highest BCUT2D eigenvalue weighted by molar-refractivity contribution is 8.13. The first kappa shape index (κ1) is 21.1. The van der Waals surface area contributed by atoms with Crippen LogP contribution in [-0.2, 0) is 10.5 Å². The van der Waals surface area contributed by atoms with Crippen LogP contribution < -0.4 is 15.8 Å². The number of nitrogens with one attached hydrogen (secondary N) is 1. The van der Waals surface area contributed by atoms with E-state index in [0.29, 0.717) is 24.4 Å². The average Bonchev–Trinajstić information content (AvgIpc) is 3.08. The van der Waals surface area contributed by atoms with Crippen molar-refractivity contribution in [1.82, 2.24) is 14.6 Å². The Hall–Kier alpha value is -1.63. The molecule has 1 aromatic carbocycles. The van der Waals surface area contributed by atoms with Crippen LogP contribution in [0.5, 0.6) is 5.75 Å². The zero-order valence-electron chi connectivity index (χ0n) is 14.8. The summed E-state index contributed by atoms with van der Waals surface area (Å²) in [6.07, 6.45) is -4.73. The summed E-state index contributed by atoms with van der Waals surface area (Å²) in [4.78, 5) is 14.2. The van der Waals surface area contributed by atoms with Crippen molar-refractivity contribution in [2.45, 2.75) is 23.5 Å². The number of hydrazone groups is 1. The molecule has 2 heterocycles. The third-order valence-corrected chi connectivity index (χ3v) is 6.32. The summed E-state index contributed by atoms with van der Waals surface area (Å²) in [6.45, 7) is 2.97. The predicted octanol–water partition coefficient (Wildman–Crippen LogP) is 1.81. The summed E-state index contributed by atoms with van der Waals surface area (Å²) >= 11 is 2.71. The minimum Gasteiger partial charge on any atom is -0.406 e. The van der Waals surface area contributed by atoms with E-state index in [9.17, 15) is 18.0 Å². The van der Waals surface area contributed by atoms with Gasteiger partial charge in [0.15, 0.2) is 0 Å². The van der Waals surface area contributed by atoms with E-state index in [-0.39, 0.29) is 11.1 Å². The molecule has 0 bridgehead atoms. The second-order valence-corrected chi connectivity index (χ2v) is 8.04. The first-order valence-corrected chi connectivity index (χ1v) is 10.4. The van der Waals surface area contributed by atoms with Crippen molar-refractivity contribution < 1.29 is 22.7 Å². The van der Waals surface area contributed by atoms with Gasteiger partial charge in [0, 0.05) is 31.9 Å². The zero-order valence-corrected chi connectivity index (χ0v) is 16.4. The topological polar surface area (TPSA) is 83.2 Å². The predicted molar refractivity (Wildman–Crippen MR) is 104 cm³/mol. The fourth-order valence-corrected chi connectivity index (χ4v) is 5.11. The highest BCUT2D eigenvalue weighted by atomic mass is 32.2. The van der Waals surface area contributed by atoms with Gasteiger partial charge in [0.25, 0.3) is 0 Å². The number of hydrogen-bond donors (Lipinski definition) is 2. The lowest BCUT2D eigenvalue weighted by molar-refractivity contribution is -0.274. The van der Waals surface area contributed by atoms with E-state index in [2.05, 4.69) is 15.2 Å². The van der Waals surface area contributed by atoms with Gasteiger partial charge >= 0.3 is 6.36 Å². The molecule has 2 unspecified atom stereocenters. The van der Waals surface area contributed by atoms with Crippen molar-refractivity contribution in [1.29, 1.82) is 0 Å². The Labute approximate surface area is 168 Å². The Balaban J connectivity index is 1.64. The molecular formula is C16H20F3N5O2S2. The number of ether oxygens (including phenoxy) is 1. The number of rotatable bonds is 7. The molecule has 0 radical (unpaired) electrons.